The Morgan fingerprint density at radius 1 is 1.26 bits per heavy atom. The van der Waals surface area contributed by atoms with Gasteiger partial charge in [0.25, 0.3) is 5.91 Å². The summed E-state index contributed by atoms with van der Waals surface area (Å²) in [5, 5.41) is 4.01. The first-order valence-corrected chi connectivity index (χ1v) is 10.2. The lowest BCUT2D eigenvalue weighted by molar-refractivity contribution is 0.0888. The van der Waals surface area contributed by atoms with Crippen LogP contribution in [0.2, 0.25) is 0 Å². The number of hydrogen-bond donors (Lipinski definition) is 1. The van der Waals surface area contributed by atoms with Gasteiger partial charge < -0.3 is 14.2 Å². The van der Waals surface area contributed by atoms with Crippen molar-refractivity contribution in [1.82, 2.24) is 10.2 Å². The van der Waals surface area contributed by atoms with Crippen molar-refractivity contribution < 1.29 is 13.6 Å². The monoisotopic (exact) mass is 430 g/mol. The molecule has 1 saturated heterocycles. The zero-order valence-electron chi connectivity index (χ0n) is 15.3. The third-order valence-corrected chi connectivity index (χ3v) is 5.76. The van der Waals surface area contributed by atoms with E-state index in [1.807, 2.05) is 37.3 Å². The summed E-state index contributed by atoms with van der Waals surface area (Å²) >= 11 is 3.47. The number of carbonyl (C=O) groups excluding carboxylic acids is 1. The lowest BCUT2D eigenvalue weighted by Gasteiger charge is -2.33. The van der Waals surface area contributed by atoms with Crippen molar-refractivity contribution in [3.8, 4) is 0 Å². The van der Waals surface area contributed by atoms with Crippen LogP contribution in [-0.4, -0.2) is 30.4 Å². The molecule has 1 amide bonds. The Balaban J connectivity index is 1.52. The number of aryl methyl sites for hydroxylation is 1. The van der Waals surface area contributed by atoms with Crippen molar-refractivity contribution in [2.75, 3.05) is 19.6 Å². The summed E-state index contributed by atoms with van der Waals surface area (Å²) in [5.41, 5.74) is 1.58. The van der Waals surface area contributed by atoms with E-state index in [0.29, 0.717) is 12.3 Å². The van der Waals surface area contributed by atoms with Crippen LogP contribution in [0.1, 0.15) is 47.2 Å². The van der Waals surface area contributed by atoms with Crippen molar-refractivity contribution in [2.24, 2.45) is 0 Å². The number of benzene rings is 1. The van der Waals surface area contributed by atoms with Gasteiger partial charge in [-0.25, -0.2) is 0 Å². The van der Waals surface area contributed by atoms with Gasteiger partial charge in [-0.05, 0) is 63.2 Å². The van der Waals surface area contributed by atoms with Crippen molar-refractivity contribution in [3.63, 3.8) is 0 Å². The second kappa shape index (κ2) is 7.90. The lowest BCUT2D eigenvalue weighted by Crippen LogP contribution is -2.40. The largest absolute Gasteiger partial charge is 0.468 e. The Hall–Kier alpha value is -2.05. The molecule has 1 unspecified atom stereocenters. The van der Waals surface area contributed by atoms with Crippen LogP contribution in [0.15, 0.2) is 49.9 Å². The lowest BCUT2D eigenvalue weighted by atomic mass is 10.1. The molecule has 142 valence electrons. The first-order chi connectivity index (χ1) is 13.1. The number of fused-ring (bicyclic) bond motifs is 1. The number of amides is 1. The summed E-state index contributed by atoms with van der Waals surface area (Å²) in [6.07, 6.45) is 5.32. The molecule has 0 saturated carbocycles. The average molecular weight is 431 g/mol. The fourth-order valence-corrected chi connectivity index (χ4v) is 4.16. The van der Waals surface area contributed by atoms with Crippen molar-refractivity contribution in [3.05, 3.63) is 58.2 Å². The number of carbonyl (C=O) groups is 1. The number of nitrogens with one attached hydrogen (secondary N) is 1. The Bertz CT molecular complexity index is 926. The summed E-state index contributed by atoms with van der Waals surface area (Å²) in [4.78, 5) is 15.2. The molecular formula is C21H23BrN2O3. The number of likely N-dealkylation sites (tertiary alicyclic amines) is 1. The zero-order valence-corrected chi connectivity index (χ0v) is 16.9. The molecule has 27 heavy (non-hydrogen) atoms. The SMILES string of the molecule is Cc1c(C(=O)NCC(c2ccco2)N2CCCCC2)oc2ccc(Br)cc12. The fourth-order valence-electron chi connectivity index (χ4n) is 3.80. The molecule has 3 aromatic rings. The zero-order chi connectivity index (χ0) is 18.8. The summed E-state index contributed by atoms with van der Waals surface area (Å²) in [7, 11) is 0. The van der Waals surface area contributed by atoms with Gasteiger partial charge in [0.15, 0.2) is 5.76 Å². The minimum Gasteiger partial charge on any atom is -0.468 e. The molecule has 0 spiro atoms. The van der Waals surface area contributed by atoms with Crippen LogP contribution in [0.3, 0.4) is 0 Å². The molecule has 1 aromatic carbocycles. The van der Waals surface area contributed by atoms with E-state index >= 15 is 0 Å². The molecule has 6 heteroatoms. The molecule has 0 aliphatic carbocycles. The minimum atomic E-state index is -0.187. The minimum absolute atomic E-state index is 0.0445. The first-order valence-electron chi connectivity index (χ1n) is 9.38. The van der Waals surface area contributed by atoms with Crippen LogP contribution in [0.25, 0.3) is 11.0 Å². The van der Waals surface area contributed by atoms with Crippen LogP contribution in [-0.2, 0) is 0 Å². The maximum atomic E-state index is 12.8. The molecule has 1 aliphatic rings. The Morgan fingerprint density at radius 2 is 2.07 bits per heavy atom. The Kier molecular flexibility index (Phi) is 5.36. The summed E-state index contributed by atoms with van der Waals surface area (Å²) < 4.78 is 12.4. The van der Waals surface area contributed by atoms with Crippen LogP contribution in [0.5, 0.6) is 0 Å². The molecular weight excluding hydrogens is 408 g/mol. The van der Waals surface area contributed by atoms with E-state index in [-0.39, 0.29) is 11.9 Å². The van der Waals surface area contributed by atoms with Crippen molar-refractivity contribution in [2.45, 2.75) is 32.2 Å². The van der Waals surface area contributed by atoms with Gasteiger partial charge in [0.05, 0.1) is 12.3 Å². The highest BCUT2D eigenvalue weighted by molar-refractivity contribution is 9.10. The van der Waals surface area contributed by atoms with Gasteiger partial charge in [-0.1, -0.05) is 22.4 Å². The average Bonchev–Trinajstić information content (AvgIpc) is 3.32. The summed E-state index contributed by atoms with van der Waals surface area (Å²) in [6, 6.07) is 9.69. The molecule has 1 N–H and O–H groups in total. The molecule has 1 fully saturated rings. The number of halogens is 1. The maximum Gasteiger partial charge on any atom is 0.287 e. The molecule has 5 nitrogen and oxygen atoms in total. The van der Waals surface area contributed by atoms with Gasteiger partial charge in [-0.2, -0.15) is 0 Å². The molecule has 2 aromatic heterocycles. The van der Waals surface area contributed by atoms with Crippen LogP contribution >= 0.6 is 15.9 Å². The third kappa shape index (κ3) is 3.82. The first kappa shape index (κ1) is 18.3. The number of piperidine rings is 1. The van der Waals surface area contributed by atoms with E-state index in [0.717, 1.165) is 39.9 Å². The second-order valence-electron chi connectivity index (χ2n) is 7.03. The fraction of sp³-hybridized carbons (Fsp3) is 0.381. The Morgan fingerprint density at radius 3 is 2.81 bits per heavy atom. The summed E-state index contributed by atoms with van der Waals surface area (Å²) in [5.74, 6) is 1.08. The highest BCUT2D eigenvalue weighted by Crippen LogP contribution is 2.29. The number of furan rings is 2. The predicted molar refractivity (Wildman–Crippen MR) is 108 cm³/mol. The van der Waals surface area contributed by atoms with Gasteiger partial charge in [0.1, 0.15) is 11.3 Å². The van der Waals surface area contributed by atoms with E-state index in [2.05, 4.69) is 26.1 Å². The van der Waals surface area contributed by atoms with Gasteiger partial charge in [-0.15, -0.1) is 0 Å². The number of rotatable bonds is 5. The normalized spacial score (nSPS) is 16.5. The van der Waals surface area contributed by atoms with E-state index in [9.17, 15) is 4.79 Å². The molecule has 0 bridgehead atoms. The van der Waals surface area contributed by atoms with Crippen LogP contribution in [0.4, 0.5) is 0 Å². The number of hydrogen-bond acceptors (Lipinski definition) is 4. The third-order valence-electron chi connectivity index (χ3n) is 5.26. The molecule has 0 radical (unpaired) electrons. The van der Waals surface area contributed by atoms with E-state index in [4.69, 9.17) is 8.83 Å². The van der Waals surface area contributed by atoms with E-state index in [1.54, 1.807) is 6.26 Å². The predicted octanol–water partition coefficient (Wildman–Crippen LogP) is 5.05. The van der Waals surface area contributed by atoms with Gasteiger partial charge in [0.2, 0.25) is 0 Å². The van der Waals surface area contributed by atoms with Crippen molar-refractivity contribution in [1.29, 1.82) is 0 Å². The smallest absolute Gasteiger partial charge is 0.287 e. The van der Waals surface area contributed by atoms with Crippen LogP contribution < -0.4 is 5.32 Å². The molecule has 3 heterocycles. The highest BCUT2D eigenvalue weighted by atomic mass is 79.9. The maximum absolute atomic E-state index is 12.8. The Labute approximate surface area is 166 Å². The molecule has 1 atom stereocenters. The van der Waals surface area contributed by atoms with Gasteiger partial charge in [-0.3, -0.25) is 9.69 Å². The quantitative estimate of drug-likeness (QED) is 0.614. The topological polar surface area (TPSA) is 58.6 Å². The van der Waals surface area contributed by atoms with Gasteiger partial charge >= 0.3 is 0 Å². The van der Waals surface area contributed by atoms with Gasteiger partial charge in [0, 0.05) is 22.0 Å². The number of nitrogens with zero attached hydrogens (tertiary/aromatic N) is 1. The van der Waals surface area contributed by atoms with Crippen LogP contribution in [0, 0.1) is 6.92 Å². The highest BCUT2D eigenvalue weighted by Gasteiger charge is 2.26. The molecule has 1 aliphatic heterocycles. The van der Waals surface area contributed by atoms with Crippen molar-refractivity contribution >= 4 is 32.8 Å². The summed E-state index contributed by atoms with van der Waals surface area (Å²) in [6.45, 7) is 4.46. The van der Waals surface area contributed by atoms with E-state index in [1.165, 1.54) is 19.3 Å². The standard InChI is InChI=1S/C21H23BrN2O3/c1-14-16-12-15(22)7-8-18(16)27-20(14)21(25)23-13-17(19-6-5-11-26-19)24-9-3-2-4-10-24/h5-8,11-12,17H,2-4,9-10,13H2,1H3,(H,23,25). The van der Waals surface area contributed by atoms with E-state index < -0.39 is 0 Å². The second-order valence-corrected chi connectivity index (χ2v) is 7.95. The molecule has 4 rings (SSSR count).